The number of ketones is 5. The van der Waals surface area contributed by atoms with Crippen LogP contribution >= 0.6 is 24.4 Å². The molecule has 0 aromatic rings. The van der Waals surface area contributed by atoms with Crippen molar-refractivity contribution in [2.75, 3.05) is 41.7 Å². The number of ether oxygens (including phenoxy) is 6. The van der Waals surface area contributed by atoms with Crippen LogP contribution in [-0.2, 0) is 71.6 Å². The number of hydrogen-bond acceptors (Lipinski definition) is 22. The molecule has 0 spiro atoms. The van der Waals surface area contributed by atoms with Gasteiger partial charge in [0.2, 0.25) is 0 Å². The van der Waals surface area contributed by atoms with Gasteiger partial charge in [0.05, 0.1) is 53.9 Å². The minimum absolute atomic E-state index is 0. The molecular weight excluding hydrogens is 1670 g/mol. The van der Waals surface area contributed by atoms with Crippen LogP contribution in [0.1, 0.15) is 317 Å². The molecule has 633 valence electrons. The van der Waals surface area contributed by atoms with Gasteiger partial charge in [-0.3, -0.25) is 53.7 Å². The van der Waals surface area contributed by atoms with Gasteiger partial charge in [-0.1, -0.05) is 147 Å². The Morgan fingerprint density at radius 1 is 0.495 bits per heavy atom. The summed E-state index contributed by atoms with van der Waals surface area (Å²) in [6, 6.07) is 0. The molecule has 6 rings (SSSR count). The molecule has 3 saturated carbocycles. The summed E-state index contributed by atoms with van der Waals surface area (Å²) in [7, 11) is 5.61. The van der Waals surface area contributed by atoms with E-state index in [9.17, 15) is 58.5 Å². The molecule has 2 saturated heterocycles. The predicted molar refractivity (Wildman–Crippen MR) is 438 cm³/mol. The van der Waals surface area contributed by atoms with Crippen molar-refractivity contribution in [3.05, 3.63) is 60.8 Å². The second-order valence-electron chi connectivity index (χ2n) is 30.9. The fourth-order valence-corrected chi connectivity index (χ4v) is 18.3. The molecule has 5 N–H and O–H groups in total. The van der Waals surface area contributed by atoms with Crippen molar-refractivity contribution in [3.8, 4) is 0 Å². The number of unbranched alkanes of at least 4 members (excludes halogenated alkanes) is 14. The monoisotopic (exact) mass is 1810 g/mol. The molecule has 5 unspecified atom stereocenters. The van der Waals surface area contributed by atoms with Gasteiger partial charge in [-0.25, -0.2) is 0 Å². The number of allylic oxidation sites excluding steroid dienone is 10. The Kier molecular flexibility index (Phi) is 61.8. The molecule has 1 radical (unpaired) electrons. The molecule has 13 atom stereocenters. The van der Waals surface area contributed by atoms with Crippen LogP contribution in [0.15, 0.2) is 60.8 Å². The molecule has 4 aliphatic carbocycles. The standard InChI is InChI=1S/C25H44O6.2C21H34O4S.C21H32O4.Ac.H2O2/c1-3-4-5-8-11-15-25(30-17-18-31-25)16-14-21-20(22(26)19-23(21)27)12-9-6-7-10-13-24(28)29-2;1-3-4-9-13-21(24)14-12-17-16(18(22)15-19(17)26-21)10-7-5-6-8-11-20(23)25-2;1-3-4-7-10-16(22)13-14-18-17(19(23)15-20(18)26)11-8-5-6-9-12-21(24)25-2;1-3-4-7-10-18(22)15-13-17-14-16-20(23)19(17)11-8-5-6-9-12-21(24)25-2;;1-2/h6,9,20-23,26-27H,3-5,7-8,10-19H2,1-2H3;5,7,16-17,19,24H,3-4,6,8-15H2,1-2H3;5,8,17-18,20,26H,3-4,6-7,9-15H2,1-2H3;5,8,14,16-17,19H,3-4,6-7,9-13,15H2,1-2H3;;1-2H/b9-6-;7-5-;2*8-5-;;/t20?,21-,22+,23-;16?,17-,19-,21?;17?,18-,20-;17-,19?;;/m1110../s1. The quantitative estimate of drug-likeness (QED) is 0.00627. The van der Waals surface area contributed by atoms with E-state index in [2.05, 4.69) is 83.6 Å². The van der Waals surface area contributed by atoms with E-state index >= 15 is 0 Å². The maximum Gasteiger partial charge on any atom is 0.305 e. The maximum atomic E-state index is 12.5. The third kappa shape index (κ3) is 44.8. The summed E-state index contributed by atoms with van der Waals surface area (Å²) in [5.74, 6) is 1.18. The number of aliphatic hydroxyl groups excluding tert-OH is 2. The average Bonchev–Trinajstić information content (AvgIpc) is 1.65. The van der Waals surface area contributed by atoms with Gasteiger partial charge in [0.1, 0.15) is 28.1 Å². The summed E-state index contributed by atoms with van der Waals surface area (Å²) >= 11 is 6.27. The topological polar surface area (TPSA) is 310 Å². The molecule has 0 aromatic carbocycles. The van der Waals surface area contributed by atoms with Gasteiger partial charge in [0.25, 0.3) is 0 Å². The van der Waals surface area contributed by atoms with E-state index in [-0.39, 0.29) is 126 Å². The van der Waals surface area contributed by atoms with Crippen LogP contribution in [0.4, 0.5) is 0 Å². The number of carbonyl (C=O) groups excluding carboxylic acids is 9. The molecule has 2 aliphatic heterocycles. The predicted octanol–water partition coefficient (Wildman–Crippen LogP) is 18.5. The third-order valence-electron chi connectivity index (χ3n) is 22.6. The van der Waals surface area contributed by atoms with Crippen molar-refractivity contribution in [2.45, 2.75) is 350 Å². The zero-order chi connectivity index (χ0) is 81.4. The summed E-state index contributed by atoms with van der Waals surface area (Å²) in [5.41, 5.74) is 0. The van der Waals surface area contributed by atoms with Gasteiger partial charge < -0.3 is 43.7 Å². The number of aliphatic hydroxyl groups is 3. The molecule has 0 aromatic heterocycles. The smallest absolute Gasteiger partial charge is 0.305 e. The average molecular weight is 1820 g/mol. The summed E-state index contributed by atoms with van der Waals surface area (Å²) in [4.78, 5) is 104. The van der Waals surface area contributed by atoms with Crippen LogP contribution in [0.3, 0.4) is 0 Å². The number of Topliss-reactive ketones (excluding diaryl/α,β-unsaturated/α-hetero) is 4. The van der Waals surface area contributed by atoms with Crippen molar-refractivity contribution in [3.63, 3.8) is 0 Å². The van der Waals surface area contributed by atoms with Gasteiger partial charge in [0, 0.05) is 149 Å². The van der Waals surface area contributed by atoms with Crippen LogP contribution in [-0.4, -0.2) is 154 Å². The first kappa shape index (κ1) is 106. The fraction of sp³-hybridized carbons (Fsp3) is 0.784. The number of fused-ring (bicyclic) bond motifs is 1. The van der Waals surface area contributed by atoms with Crippen LogP contribution in [0.25, 0.3) is 0 Å². The van der Waals surface area contributed by atoms with E-state index in [0.717, 1.165) is 167 Å². The van der Waals surface area contributed by atoms with Crippen molar-refractivity contribution >= 4 is 77.2 Å². The first-order valence-electron chi connectivity index (χ1n) is 42.2. The fourth-order valence-electron chi connectivity index (χ4n) is 15.9. The first-order valence-corrected chi connectivity index (χ1v) is 43.6. The van der Waals surface area contributed by atoms with E-state index in [1.54, 1.807) is 17.8 Å². The second kappa shape index (κ2) is 64.8. The van der Waals surface area contributed by atoms with Gasteiger partial charge in [0.15, 0.2) is 11.6 Å². The van der Waals surface area contributed by atoms with E-state index in [1.807, 2.05) is 30.4 Å². The molecular formula is C88H146AcO20S2. The van der Waals surface area contributed by atoms with E-state index in [4.69, 9.17) is 20.0 Å². The number of thiol groups is 1. The Morgan fingerprint density at radius 2 is 0.928 bits per heavy atom. The maximum absolute atomic E-state index is 12.5. The largest absolute Gasteiger partial charge is 0.469 e. The molecule has 6 aliphatic rings. The summed E-state index contributed by atoms with van der Waals surface area (Å²) in [6.45, 7) is 9.95. The first-order chi connectivity index (χ1) is 53.1. The van der Waals surface area contributed by atoms with E-state index in [1.165, 1.54) is 67.0 Å². The zero-order valence-corrected chi connectivity index (χ0v) is 75.7. The summed E-state index contributed by atoms with van der Waals surface area (Å²) < 4.78 is 30.6. The number of rotatable bonds is 51. The van der Waals surface area contributed by atoms with Gasteiger partial charge in [-0.2, -0.15) is 12.6 Å². The minimum Gasteiger partial charge on any atom is -0.469 e. The zero-order valence-electron chi connectivity index (χ0n) is 69.2. The van der Waals surface area contributed by atoms with Crippen LogP contribution in [0, 0.1) is 91.4 Å². The van der Waals surface area contributed by atoms with E-state index < -0.39 is 22.9 Å². The Hall–Kier alpha value is -3.21. The van der Waals surface area contributed by atoms with Crippen molar-refractivity contribution in [1.82, 2.24) is 0 Å². The van der Waals surface area contributed by atoms with Gasteiger partial charge in [-0.15, -0.1) is 11.8 Å². The molecule has 2 heterocycles. The molecule has 0 bridgehead atoms. The molecule has 23 heteroatoms. The molecule has 0 amide bonds. The third-order valence-corrected chi connectivity index (χ3v) is 24.8. The number of methoxy groups -OCH3 is 4. The number of hydrogen-bond donors (Lipinski definition) is 6. The van der Waals surface area contributed by atoms with Crippen LogP contribution < -0.4 is 0 Å². The Morgan fingerprint density at radius 3 is 1.43 bits per heavy atom. The van der Waals surface area contributed by atoms with Crippen molar-refractivity contribution < 1.29 is 141 Å². The Labute approximate surface area is 712 Å². The van der Waals surface area contributed by atoms with Crippen LogP contribution in [0.2, 0.25) is 0 Å². The summed E-state index contributed by atoms with van der Waals surface area (Å²) in [5, 5.41) is 44.3. The Balaban J connectivity index is 0.000000734. The molecule has 111 heavy (non-hydrogen) atoms. The number of esters is 4. The van der Waals surface area contributed by atoms with Crippen molar-refractivity contribution in [1.29, 1.82) is 0 Å². The van der Waals surface area contributed by atoms with Gasteiger partial charge >= 0.3 is 23.9 Å². The Bertz CT molecular complexity index is 2750. The van der Waals surface area contributed by atoms with Gasteiger partial charge in [-0.05, 0) is 183 Å². The number of carbonyl (C=O) groups is 9. The number of thioether (sulfide) groups is 1. The summed E-state index contributed by atoms with van der Waals surface area (Å²) in [6.07, 6.45) is 56.8. The normalized spacial score (nSPS) is 25.0. The molecule has 20 nitrogen and oxygen atoms in total. The second-order valence-corrected chi connectivity index (χ2v) is 33.1. The minimum atomic E-state index is -0.616. The van der Waals surface area contributed by atoms with Crippen molar-refractivity contribution in [2.24, 2.45) is 47.3 Å². The SMILES string of the molecule is CCCCCC(=O)CC[C@@H]1C(C/C=C\CCCC(=O)OC)C(=O)C[C@H]1S.CCCCCC(=O)CC[C@H]1C=CC(=O)C1C/C=C\CCCC(=O)OC.CCCCCC1(O)CC[C@@H]2C(C/C=C\CCCC(=O)OC)C(=O)C[C@H]2S1.CCCCCCCC1(CC[C@@H]2C(C/C=C\CCCC(=O)OC)[C@@H](O)C[C@H]2O)OCCO1.OO.[Ac]. The van der Waals surface area contributed by atoms with E-state index in [0.29, 0.717) is 125 Å². The molecule has 5 fully saturated rings. The van der Waals surface area contributed by atoms with Crippen LogP contribution in [0.5, 0.6) is 0 Å².